The van der Waals surface area contributed by atoms with Gasteiger partial charge in [0, 0.05) is 5.57 Å². The lowest BCUT2D eigenvalue weighted by atomic mass is 9.69. The topological polar surface area (TPSA) is 30.2 Å². The molecule has 1 aliphatic carbocycles. The Hall–Kier alpha value is -1.57. The Balaban J connectivity index is 2.49. The third kappa shape index (κ3) is 1.56. The minimum Gasteiger partial charge on any atom is -0.469 e. The molecule has 0 amide bonds. The summed E-state index contributed by atoms with van der Waals surface area (Å²) in [4.78, 5) is 11.6. The molecule has 1 aromatic heterocycles. The molecule has 1 aromatic rings. The molecule has 1 unspecified atom stereocenters. The van der Waals surface area contributed by atoms with E-state index >= 15 is 0 Å². The first-order valence-electron chi connectivity index (χ1n) is 4.98. The van der Waals surface area contributed by atoms with Crippen molar-refractivity contribution in [3.8, 4) is 0 Å². The minimum atomic E-state index is -0.122. The van der Waals surface area contributed by atoms with E-state index in [2.05, 4.69) is 20.4 Å². The standard InChI is InChI=1S/C13H14O2/c1-9-10(14)6-7-13(2,3)12(9)11-5-4-8-15-11/h4-8,12H,1H2,2-3H3. The van der Waals surface area contributed by atoms with Gasteiger partial charge in [-0.05, 0) is 23.6 Å². The number of hydrogen-bond acceptors (Lipinski definition) is 2. The lowest BCUT2D eigenvalue weighted by molar-refractivity contribution is -0.112. The number of carbonyl (C=O) groups is 1. The number of allylic oxidation sites excluding steroid dienone is 3. The second-order valence-corrected chi connectivity index (χ2v) is 4.49. The number of hydrogen-bond donors (Lipinski definition) is 0. The lowest BCUT2D eigenvalue weighted by Gasteiger charge is -2.33. The molecule has 0 aromatic carbocycles. The number of furan rings is 1. The van der Waals surface area contributed by atoms with Crippen LogP contribution in [0.5, 0.6) is 0 Å². The molecule has 2 nitrogen and oxygen atoms in total. The van der Waals surface area contributed by atoms with E-state index < -0.39 is 0 Å². The molecule has 15 heavy (non-hydrogen) atoms. The van der Waals surface area contributed by atoms with E-state index in [1.807, 2.05) is 18.2 Å². The summed E-state index contributed by atoms with van der Waals surface area (Å²) in [5, 5.41) is 0. The van der Waals surface area contributed by atoms with Gasteiger partial charge in [0.15, 0.2) is 5.78 Å². The maximum absolute atomic E-state index is 11.6. The summed E-state index contributed by atoms with van der Waals surface area (Å²) >= 11 is 0. The molecule has 78 valence electrons. The van der Waals surface area contributed by atoms with E-state index in [-0.39, 0.29) is 17.1 Å². The van der Waals surface area contributed by atoms with Gasteiger partial charge in [0.25, 0.3) is 0 Å². The third-order valence-electron chi connectivity index (χ3n) is 2.90. The molecule has 1 atom stereocenters. The van der Waals surface area contributed by atoms with Crippen molar-refractivity contribution in [3.63, 3.8) is 0 Å². The van der Waals surface area contributed by atoms with E-state index in [9.17, 15) is 4.79 Å². The van der Waals surface area contributed by atoms with Crippen LogP contribution in [0.2, 0.25) is 0 Å². The van der Waals surface area contributed by atoms with Crippen LogP contribution in [0.4, 0.5) is 0 Å². The highest BCUT2D eigenvalue weighted by atomic mass is 16.3. The lowest BCUT2D eigenvalue weighted by Crippen LogP contribution is -2.28. The van der Waals surface area contributed by atoms with Gasteiger partial charge in [-0.25, -0.2) is 0 Å². The molecule has 0 saturated heterocycles. The van der Waals surface area contributed by atoms with Crippen LogP contribution in [-0.2, 0) is 4.79 Å². The van der Waals surface area contributed by atoms with Crippen LogP contribution in [-0.4, -0.2) is 5.78 Å². The van der Waals surface area contributed by atoms with E-state index in [0.717, 1.165) is 5.76 Å². The predicted molar refractivity (Wildman–Crippen MR) is 58.5 cm³/mol. The number of ketones is 1. The fourth-order valence-electron chi connectivity index (χ4n) is 2.08. The van der Waals surface area contributed by atoms with Crippen LogP contribution in [0.1, 0.15) is 25.5 Å². The molecule has 1 aliphatic rings. The SMILES string of the molecule is C=C1C(=O)C=CC(C)(C)C1c1ccco1. The Kier molecular flexibility index (Phi) is 2.14. The molecular formula is C13H14O2. The molecule has 2 rings (SSSR count). The van der Waals surface area contributed by atoms with Gasteiger partial charge in [-0.3, -0.25) is 4.79 Å². The average molecular weight is 202 g/mol. The molecule has 0 radical (unpaired) electrons. The largest absolute Gasteiger partial charge is 0.469 e. The van der Waals surface area contributed by atoms with Crippen molar-refractivity contribution in [3.05, 3.63) is 48.5 Å². The summed E-state index contributed by atoms with van der Waals surface area (Å²) in [5.41, 5.74) is 0.487. The van der Waals surface area contributed by atoms with E-state index in [1.54, 1.807) is 12.3 Å². The van der Waals surface area contributed by atoms with Gasteiger partial charge in [-0.2, -0.15) is 0 Å². The fraction of sp³-hybridized carbons (Fsp3) is 0.308. The molecule has 0 saturated carbocycles. The van der Waals surface area contributed by atoms with Crippen LogP contribution in [0.15, 0.2) is 47.1 Å². The summed E-state index contributed by atoms with van der Waals surface area (Å²) in [5.74, 6) is 0.753. The Labute approximate surface area is 89.3 Å². The Morgan fingerprint density at radius 2 is 2.20 bits per heavy atom. The molecule has 1 heterocycles. The molecule has 2 heteroatoms. The Morgan fingerprint density at radius 3 is 2.80 bits per heavy atom. The van der Waals surface area contributed by atoms with Crippen molar-refractivity contribution < 1.29 is 9.21 Å². The summed E-state index contributed by atoms with van der Waals surface area (Å²) in [7, 11) is 0. The van der Waals surface area contributed by atoms with Crippen molar-refractivity contribution in [2.75, 3.05) is 0 Å². The van der Waals surface area contributed by atoms with E-state index in [1.165, 1.54) is 0 Å². The summed E-state index contributed by atoms with van der Waals surface area (Å²) in [6.45, 7) is 8.02. The van der Waals surface area contributed by atoms with Crippen molar-refractivity contribution >= 4 is 5.78 Å². The van der Waals surface area contributed by atoms with Crippen molar-refractivity contribution in [2.24, 2.45) is 5.41 Å². The first kappa shape index (κ1) is 9.97. The predicted octanol–water partition coefficient (Wildman–Crippen LogP) is 3.08. The van der Waals surface area contributed by atoms with Gasteiger partial charge in [-0.1, -0.05) is 26.5 Å². The quantitative estimate of drug-likeness (QED) is 0.655. The monoisotopic (exact) mass is 202 g/mol. The molecule has 0 fully saturated rings. The minimum absolute atomic E-state index is 0.00396. The van der Waals surface area contributed by atoms with Crippen LogP contribution in [0.25, 0.3) is 0 Å². The summed E-state index contributed by atoms with van der Waals surface area (Å²) in [6.07, 6.45) is 5.15. The van der Waals surface area contributed by atoms with Crippen molar-refractivity contribution in [1.82, 2.24) is 0 Å². The maximum Gasteiger partial charge on any atom is 0.181 e. The van der Waals surface area contributed by atoms with Gasteiger partial charge < -0.3 is 4.42 Å². The average Bonchev–Trinajstić information content (AvgIpc) is 2.65. The zero-order valence-corrected chi connectivity index (χ0v) is 8.99. The second-order valence-electron chi connectivity index (χ2n) is 4.49. The van der Waals surface area contributed by atoms with Crippen LogP contribution >= 0.6 is 0 Å². The number of carbonyl (C=O) groups excluding carboxylic acids is 1. The summed E-state index contributed by atoms with van der Waals surface area (Å²) < 4.78 is 5.38. The normalized spacial score (nSPS) is 24.5. The number of rotatable bonds is 1. The molecular weight excluding hydrogens is 188 g/mol. The van der Waals surface area contributed by atoms with Crippen LogP contribution in [0, 0.1) is 5.41 Å². The van der Waals surface area contributed by atoms with Gasteiger partial charge in [0.05, 0.1) is 12.2 Å². The van der Waals surface area contributed by atoms with E-state index in [0.29, 0.717) is 5.57 Å². The first-order valence-corrected chi connectivity index (χ1v) is 4.98. The smallest absolute Gasteiger partial charge is 0.181 e. The van der Waals surface area contributed by atoms with E-state index in [4.69, 9.17) is 4.42 Å². The van der Waals surface area contributed by atoms with Crippen molar-refractivity contribution in [2.45, 2.75) is 19.8 Å². The zero-order valence-electron chi connectivity index (χ0n) is 8.99. The van der Waals surface area contributed by atoms with Crippen molar-refractivity contribution in [1.29, 1.82) is 0 Å². The van der Waals surface area contributed by atoms with Gasteiger partial charge in [0.1, 0.15) is 5.76 Å². The van der Waals surface area contributed by atoms with Gasteiger partial charge in [0.2, 0.25) is 0 Å². The van der Waals surface area contributed by atoms with Gasteiger partial charge in [-0.15, -0.1) is 0 Å². The summed E-state index contributed by atoms with van der Waals surface area (Å²) in [6, 6.07) is 3.73. The Morgan fingerprint density at radius 1 is 1.47 bits per heavy atom. The Bertz CT molecular complexity index is 421. The van der Waals surface area contributed by atoms with Crippen LogP contribution in [0.3, 0.4) is 0 Å². The highest BCUT2D eigenvalue weighted by molar-refractivity contribution is 6.05. The van der Waals surface area contributed by atoms with Crippen LogP contribution < -0.4 is 0 Å². The molecule has 0 N–H and O–H groups in total. The third-order valence-corrected chi connectivity index (χ3v) is 2.90. The first-order chi connectivity index (χ1) is 7.02. The molecule has 0 aliphatic heterocycles. The molecule has 0 spiro atoms. The highest BCUT2D eigenvalue weighted by Crippen LogP contribution is 2.44. The fourth-order valence-corrected chi connectivity index (χ4v) is 2.08. The highest BCUT2D eigenvalue weighted by Gasteiger charge is 2.37. The van der Waals surface area contributed by atoms with Gasteiger partial charge >= 0.3 is 0 Å². The second kappa shape index (κ2) is 3.23. The molecule has 0 bridgehead atoms. The maximum atomic E-state index is 11.6. The zero-order chi connectivity index (χ0) is 11.1.